The van der Waals surface area contributed by atoms with E-state index in [2.05, 4.69) is 22.4 Å². The van der Waals surface area contributed by atoms with E-state index in [0.717, 1.165) is 38.4 Å². The van der Waals surface area contributed by atoms with Crippen LogP contribution >= 0.6 is 0 Å². The van der Waals surface area contributed by atoms with Crippen LogP contribution in [0.15, 0.2) is 89.8 Å². The Balaban J connectivity index is 1.24. The molecule has 0 aliphatic heterocycles. The second-order valence-electron chi connectivity index (χ2n) is 8.00. The number of nitrogens with zero attached hydrogens (tertiary/aromatic N) is 1. The molecule has 0 fully saturated rings. The van der Waals surface area contributed by atoms with Crippen LogP contribution in [0.4, 0.5) is 0 Å². The van der Waals surface area contributed by atoms with Gasteiger partial charge in [-0.3, -0.25) is 9.78 Å². The largest absolute Gasteiger partial charge is 0.493 e. The monoisotopic (exact) mass is 452 g/mol. The van der Waals surface area contributed by atoms with Crippen LogP contribution in [0.3, 0.4) is 0 Å². The fourth-order valence-electron chi connectivity index (χ4n) is 4.02. The van der Waals surface area contributed by atoms with E-state index in [-0.39, 0.29) is 12.3 Å². The van der Waals surface area contributed by atoms with Crippen LogP contribution in [0, 0.1) is 0 Å². The molecule has 1 amide bonds. The third-order valence-electron chi connectivity index (χ3n) is 5.75. The summed E-state index contributed by atoms with van der Waals surface area (Å²) < 4.78 is 17.1. The minimum absolute atomic E-state index is 0.0763. The number of furan rings is 1. The number of methoxy groups -OCH3 is 1. The van der Waals surface area contributed by atoms with Gasteiger partial charge in [-0.2, -0.15) is 0 Å². The van der Waals surface area contributed by atoms with Crippen LogP contribution in [0.25, 0.3) is 21.7 Å². The Bertz CT molecular complexity index is 1440. The normalized spacial score (nSPS) is 11.0. The summed E-state index contributed by atoms with van der Waals surface area (Å²) in [7, 11) is 1.60. The van der Waals surface area contributed by atoms with Crippen molar-refractivity contribution in [2.45, 2.75) is 19.6 Å². The van der Waals surface area contributed by atoms with Crippen molar-refractivity contribution >= 4 is 27.6 Å². The number of pyridine rings is 1. The van der Waals surface area contributed by atoms with Gasteiger partial charge in [0.25, 0.3) is 0 Å². The van der Waals surface area contributed by atoms with Gasteiger partial charge in [0.05, 0.1) is 19.8 Å². The van der Waals surface area contributed by atoms with Crippen molar-refractivity contribution in [1.82, 2.24) is 10.3 Å². The Labute approximate surface area is 197 Å². The van der Waals surface area contributed by atoms with Gasteiger partial charge >= 0.3 is 0 Å². The number of carbonyl (C=O) groups is 1. The second kappa shape index (κ2) is 9.67. The maximum Gasteiger partial charge on any atom is 0.224 e. The molecule has 0 saturated heterocycles. The first kappa shape index (κ1) is 21.5. The average Bonchev–Trinajstić information content (AvgIpc) is 3.30. The number of aromatic nitrogens is 1. The van der Waals surface area contributed by atoms with E-state index in [9.17, 15) is 4.79 Å². The average molecular weight is 453 g/mol. The lowest BCUT2D eigenvalue weighted by atomic mass is 10.0. The van der Waals surface area contributed by atoms with Crippen molar-refractivity contribution < 1.29 is 18.7 Å². The Morgan fingerprint density at radius 2 is 1.82 bits per heavy atom. The molecule has 6 heteroatoms. The van der Waals surface area contributed by atoms with E-state index in [1.54, 1.807) is 25.8 Å². The number of rotatable bonds is 8. The Hall–Kier alpha value is -4.32. The maximum atomic E-state index is 12.7. The van der Waals surface area contributed by atoms with E-state index in [4.69, 9.17) is 13.9 Å². The molecule has 0 saturated carbocycles. The molecule has 34 heavy (non-hydrogen) atoms. The van der Waals surface area contributed by atoms with Gasteiger partial charge in [-0.15, -0.1) is 0 Å². The van der Waals surface area contributed by atoms with Crippen molar-refractivity contribution in [3.8, 4) is 11.5 Å². The minimum Gasteiger partial charge on any atom is -0.493 e. The second-order valence-corrected chi connectivity index (χ2v) is 8.00. The van der Waals surface area contributed by atoms with Gasteiger partial charge in [0, 0.05) is 29.9 Å². The fourth-order valence-corrected chi connectivity index (χ4v) is 4.02. The van der Waals surface area contributed by atoms with Gasteiger partial charge in [0.1, 0.15) is 12.2 Å². The number of hydrogen-bond acceptors (Lipinski definition) is 5. The highest BCUT2D eigenvalue weighted by molar-refractivity contribution is 6.08. The zero-order valence-corrected chi connectivity index (χ0v) is 18.8. The highest BCUT2D eigenvalue weighted by Crippen LogP contribution is 2.31. The van der Waals surface area contributed by atoms with Crippen LogP contribution in [-0.2, 0) is 24.4 Å². The number of amides is 1. The zero-order valence-electron chi connectivity index (χ0n) is 18.8. The van der Waals surface area contributed by atoms with Gasteiger partial charge < -0.3 is 19.2 Å². The predicted octanol–water partition coefficient (Wildman–Crippen LogP) is 5.43. The van der Waals surface area contributed by atoms with E-state index < -0.39 is 0 Å². The van der Waals surface area contributed by atoms with E-state index in [0.29, 0.717) is 24.7 Å². The number of fused-ring (bicyclic) bond motifs is 3. The summed E-state index contributed by atoms with van der Waals surface area (Å²) >= 11 is 0. The van der Waals surface area contributed by atoms with Gasteiger partial charge in [-0.25, -0.2) is 0 Å². The molecule has 0 aliphatic rings. The summed E-state index contributed by atoms with van der Waals surface area (Å²) in [5, 5.41) is 6.19. The van der Waals surface area contributed by atoms with Crippen LogP contribution in [0.5, 0.6) is 11.5 Å². The van der Waals surface area contributed by atoms with Crippen molar-refractivity contribution in [3.63, 3.8) is 0 Å². The minimum atomic E-state index is -0.0763. The Morgan fingerprint density at radius 1 is 0.971 bits per heavy atom. The topological polar surface area (TPSA) is 73.6 Å². The number of ether oxygens (including phenoxy) is 2. The first-order chi connectivity index (χ1) is 16.7. The van der Waals surface area contributed by atoms with Crippen LogP contribution < -0.4 is 14.8 Å². The lowest BCUT2D eigenvalue weighted by Crippen LogP contribution is -2.24. The van der Waals surface area contributed by atoms with Crippen LogP contribution in [0.2, 0.25) is 0 Å². The third kappa shape index (κ3) is 4.57. The third-order valence-corrected chi connectivity index (χ3v) is 5.75. The van der Waals surface area contributed by atoms with Crippen molar-refractivity contribution in [2.75, 3.05) is 7.11 Å². The number of nitrogens with one attached hydrogen (secondary N) is 1. The van der Waals surface area contributed by atoms with Crippen LogP contribution in [-0.4, -0.2) is 18.0 Å². The van der Waals surface area contributed by atoms with Crippen molar-refractivity contribution in [3.05, 3.63) is 102 Å². The van der Waals surface area contributed by atoms with Gasteiger partial charge in [-0.05, 0) is 52.2 Å². The maximum absolute atomic E-state index is 12.7. The summed E-state index contributed by atoms with van der Waals surface area (Å²) in [4.78, 5) is 16.7. The molecule has 0 bridgehead atoms. The summed E-state index contributed by atoms with van der Waals surface area (Å²) in [6, 6.07) is 21.6. The smallest absolute Gasteiger partial charge is 0.224 e. The molecule has 5 rings (SSSR count). The van der Waals surface area contributed by atoms with E-state index >= 15 is 0 Å². The summed E-state index contributed by atoms with van der Waals surface area (Å²) in [6.45, 7) is 0.804. The van der Waals surface area contributed by atoms with Crippen LogP contribution in [0.1, 0.15) is 16.7 Å². The Kier molecular flexibility index (Phi) is 6.12. The molecule has 170 valence electrons. The van der Waals surface area contributed by atoms with Gasteiger partial charge in [0.15, 0.2) is 11.5 Å². The lowest BCUT2D eigenvalue weighted by Gasteiger charge is -2.13. The molecule has 2 aromatic heterocycles. The van der Waals surface area contributed by atoms with Crippen molar-refractivity contribution in [2.24, 2.45) is 0 Å². The predicted molar refractivity (Wildman–Crippen MR) is 131 cm³/mol. The fraction of sp³-hybridized carbons (Fsp3) is 0.143. The SMILES string of the molecule is COc1cc(CNC(=O)Cc2coc3ccc4ccccc4c23)ccc1OCc1ccncc1. The molecule has 6 nitrogen and oxygen atoms in total. The molecule has 0 aliphatic carbocycles. The first-order valence-corrected chi connectivity index (χ1v) is 11.0. The molecule has 0 unspecified atom stereocenters. The zero-order chi connectivity index (χ0) is 23.3. The first-order valence-electron chi connectivity index (χ1n) is 11.0. The Morgan fingerprint density at radius 3 is 2.68 bits per heavy atom. The highest BCUT2D eigenvalue weighted by Gasteiger charge is 2.14. The number of hydrogen-bond donors (Lipinski definition) is 1. The molecular formula is C28H24N2O4. The summed E-state index contributed by atoms with van der Waals surface area (Å²) in [5.74, 6) is 1.19. The highest BCUT2D eigenvalue weighted by atomic mass is 16.5. The van der Waals surface area contributed by atoms with E-state index in [1.807, 2.05) is 54.6 Å². The summed E-state index contributed by atoms with van der Waals surface area (Å²) in [6.07, 6.45) is 5.38. The molecule has 0 atom stereocenters. The molecule has 0 radical (unpaired) electrons. The standard InChI is InChI=1S/C28H24N2O4/c1-32-26-14-20(6-8-24(26)33-17-19-10-12-29-13-11-19)16-30-27(31)15-22-18-34-25-9-7-21-4-2-3-5-23(21)28(22)25/h2-14,18H,15-17H2,1H3,(H,30,31). The quantitative estimate of drug-likeness (QED) is 0.340. The number of carbonyl (C=O) groups excluding carboxylic acids is 1. The molecule has 1 N–H and O–H groups in total. The molecule has 5 aromatic rings. The number of benzene rings is 3. The molecular weight excluding hydrogens is 428 g/mol. The summed E-state index contributed by atoms with van der Waals surface area (Å²) in [5.41, 5.74) is 3.60. The van der Waals surface area contributed by atoms with E-state index in [1.165, 1.54) is 0 Å². The lowest BCUT2D eigenvalue weighted by molar-refractivity contribution is -0.120. The van der Waals surface area contributed by atoms with Crippen molar-refractivity contribution in [1.29, 1.82) is 0 Å². The molecule has 2 heterocycles. The van der Waals surface area contributed by atoms with Gasteiger partial charge in [0.2, 0.25) is 5.91 Å². The molecule has 3 aromatic carbocycles. The van der Waals surface area contributed by atoms with Gasteiger partial charge in [-0.1, -0.05) is 36.4 Å². The molecule has 0 spiro atoms.